The molecule has 0 aliphatic heterocycles. The van der Waals surface area contributed by atoms with E-state index in [2.05, 4.69) is 0 Å². The van der Waals surface area contributed by atoms with Gasteiger partial charge in [-0.2, -0.15) is 5.10 Å². The number of hydrogen-bond donors (Lipinski definition) is 1. The van der Waals surface area contributed by atoms with Gasteiger partial charge in [-0.3, -0.25) is 4.68 Å². The Labute approximate surface area is 158 Å². The minimum absolute atomic E-state index is 0.244. The van der Waals surface area contributed by atoms with Gasteiger partial charge in [0, 0.05) is 11.1 Å². The summed E-state index contributed by atoms with van der Waals surface area (Å²) in [4.78, 5) is 0. The fourth-order valence-electron chi connectivity index (χ4n) is 3.10. The van der Waals surface area contributed by atoms with Gasteiger partial charge in [0.2, 0.25) is 0 Å². The lowest BCUT2D eigenvalue weighted by Crippen LogP contribution is -2.04. The zero-order valence-corrected chi connectivity index (χ0v) is 15.0. The number of benzene rings is 3. The van der Waals surface area contributed by atoms with Crippen molar-refractivity contribution < 1.29 is 9.84 Å². The molecule has 0 saturated carbocycles. The molecular weight excluding hydrogens is 336 g/mol. The van der Waals surface area contributed by atoms with Gasteiger partial charge < -0.3 is 9.84 Å². The third-order valence-corrected chi connectivity index (χ3v) is 4.52. The van der Waals surface area contributed by atoms with E-state index >= 15 is 0 Å². The van der Waals surface area contributed by atoms with Gasteiger partial charge in [-0.05, 0) is 35.9 Å². The summed E-state index contributed by atoms with van der Waals surface area (Å²) < 4.78 is 7.16. The third kappa shape index (κ3) is 3.55. The van der Waals surface area contributed by atoms with Crippen molar-refractivity contribution in [2.45, 2.75) is 6.54 Å². The van der Waals surface area contributed by atoms with E-state index in [1.807, 2.05) is 83.5 Å². The highest BCUT2D eigenvalue weighted by Gasteiger charge is 2.14. The SMILES string of the molecule is COc1ccc(Cn2nc(-c3ccccc3)cc2-c2ccccc2O)cc1. The number of aromatic hydroxyl groups is 1. The summed E-state index contributed by atoms with van der Waals surface area (Å²) in [6.45, 7) is 0.598. The largest absolute Gasteiger partial charge is 0.507 e. The predicted molar refractivity (Wildman–Crippen MR) is 107 cm³/mol. The van der Waals surface area contributed by atoms with E-state index in [4.69, 9.17) is 9.84 Å². The number of phenols is 1. The van der Waals surface area contributed by atoms with Crippen molar-refractivity contribution in [2.75, 3.05) is 7.11 Å². The Bertz CT molecular complexity index is 1040. The van der Waals surface area contributed by atoms with E-state index in [1.54, 1.807) is 13.2 Å². The summed E-state index contributed by atoms with van der Waals surface area (Å²) in [5, 5.41) is 15.2. The lowest BCUT2D eigenvalue weighted by atomic mass is 10.1. The van der Waals surface area contributed by atoms with Crippen LogP contribution in [0.3, 0.4) is 0 Å². The van der Waals surface area contributed by atoms with E-state index in [1.165, 1.54) is 0 Å². The molecule has 134 valence electrons. The molecule has 0 atom stereocenters. The molecule has 3 aromatic carbocycles. The number of methoxy groups -OCH3 is 1. The second-order valence-corrected chi connectivity index (χ2v) is 6.30. The summed E-state index contributed by atoms with van der Waals surface area (Å²) in [6.07, 6.45) is 0. The van der Waals surface area contributed by atoms with E-state index in [0.29, 0.717) is 6.54 Å². The summed E-state index contributed by atoms with van der Waals surface area (Å²) in [6, 6.07) is 27.4. The first-order valence-electron chi connectivity index (χ1n) is 8.79. The van der Waals surface area contributed by atoms with Crippen LogP contribution in [0.5, 0.6) is 11.5 Å². The Morgan fingerprint density at radius 1 is 0.889 bits per heavy atom. The summed E-state index contributed by atoms with van der Waals surface area (Å²) in [5.41, 5.74) is 4.67. The second-order valence-electron chi connectivity index (χ2n) is 6.30. The van der Waals surface area contributed by atoms with Crippen LogP contribution >= 0.6 is 0 Å². The lowest BCUT2D eigenvalue weighted by Gasteiger charge is -2.09. The molecule has 4 rings (SSSR count). The second kappa shape index (κ2) is 7.38. The normalized spacial score (nSPS) is 10.7. The molecule has 0 aliphatic carbocycles. The topological polar surface area (TPSA) is 47.3 Å². The number of hydrogen-bond acceptors (Lipinski definition) is 3. The van der Waals surface area contributed by atoms with Crippen LogP contribution in [0.25, 0.3) is 22.5 Å². The first-order valence-corrected chi connectivity index (χ1v) is 8.79. The zero-order valence-electron chi connectivity index (χ0n) is 15.0. The number of para-hydroxylation sites is 1. The highest BCUT2D eigenvalue weighted by molar-refractivity contribution is 5.72. The van der Waals surface area contributed by atoms with Crippen LogP contribution in [0, 0.1) is 0 Å². The third-order valence-electron chi connectivity index (χ3n) is 4.52. The molecule has 0 fully saturated rings. The Hall–Kier alpha value is -3.53. The number of phenolic OH excluding ortho intramolecular Hbond substituents is 1. The van der Waals surface area contributed by atoms with E-state index in [-0.39, 0.29) is 5.75 Å². The maximum Gasteiger partial charge on any atom is 0.124 e. The maximum absolute atomic E-state index is 10.3. The Morgan fingerprint density at radius 2 is 1.59 bits per heavy atom. The summed E-state index contributed by atoms with van der Waals surface area (Å²) >= 11 is 0. The molecule has 1 N–H and O–H groups in total. The van der Waals surface area contributed by atoms with Crippen LogP contribution in [0.2, 0.25) is 0 Å². The average molecular weight is 356 g/mol. The molecule has 0 saturated heterocycles. The molecule has 1 heterocycles. The Morgan fingerprint density at radius 3 is 2.30 bits per heavy atom. The van der Waals surface area contributed by atoms with Crippen LogP contribution in [-0.2, 0) is 6.54 Å². The monoisotopic (exact) mass is 356 g/mol. The Balaban J connectivity index is 1.78. The molecule has 4 nitrogen and oxygen atoms in total. The van der Waals surface area contributed by atoms with Gasteiger partial charge in [0.05, 0.1) is 25.0 Å². The van der Waals surface area contributed by atoms with Gasteiger partial charge in [0.25, 0.3) is 0 Å². The molecule has 4 heteroatoms. The van der Waals surface area contributed by atoms with Crippen LogP contribution in [0.15, 0.2) is 84.9 Å². The predicted octanol–water partition coefficient (Wildman–Crippen LogP) is 4.98. The van der Waals surface area contributed by atoms with Crippen molar-refractivity contribution in [3.8, 4) is 34.0 Å². The fraction of sp³-hybridized carbons (Fsp3) is 0.0870. The minimum Gasteiger partial charge on any atom is -0.507 e. The van der Waals surface area contributed by atoms with Gasteiger partial charge in [0.15, 0.2) is 0 Å². The lowest BCUT2D eigenvalue weighted by molar-refractivity contribution is 0.414. The van der Waals surface area contributed by atoms with Crippen LogP contribution in [-0.4, -0.2) is 22.0 Å². The molecular formula is C23H20N2O2. The number of ether oxygens (including phenoxy) is 1. The first kappa shape index (κ1) is 16.9. The van der Waals surface area contributed by atoms with Gasteiger partial charge in [-0.25, -0.2) is 0 Å². The van der Waals surface area contributed by atoms with Gasteiger partial charge in [-0.1, -0.05) is 54.6 Å². The molecule has 0 radical (unpaired) electrons. The van der Waals surface area contributed by atoms with Crippen molar-refractivity contribution in [2.24, 2.45) is 0 Å². The molecule has 1 aromatic heterocycles. The quantitative estimate of drug-likeness (QED) is 0.549. The fourth-order valence-corrected chi connectivity index (χ4v) is 3.10. The number of nitrogens with zero attached hydrogens (tertiary/aromatic N) is 2. The van der Waals surface area contributed by atoms with Gasteiger partial charge >= 0.3 is 0 Å². The molecule has 27 heavy (non-hydrogen) atoms. The van der Waals surface area contributed by atoms with Crippen LogP contribution < -0.4 is 4.74 Å². The standard InChI is InChI=1S/C23H20N2O2/c1-27-19-13-11-17(12-14-19)16-25-22(20-9-5-6-10-23(20)26)15-21(24-25)18-7-3-2-4-8-18/h2-15,26H,16H2,1H3. The molecule has 0 spiro atoms. The van der Waals surface area contributed by atoms with Crippen molar-refractivity contribution >= 4 is 0 Å². The number of aromatic nitrogens is 2. The highest BCUT2D eigenvalue weighted by atomic mass is 16.5. The molecule has 0 unspecified atom stereocenters. The minimum atomic E-state index is 0.244. The molecule has 0 amide bonds. The molecule has 0 aliphatic rings. The molecule has 0 bridgehead atoms. The maximum atomic E-state index is 10.3. The number of rotatable bonds is 5. The summed E-state index contributed by atoms with van der Waals surface area (Å²) in [5.74, 6) is 1.07. The van der Waals surface area contributed by atoms with Gasteiger partial charge in [-0.15, -0.1) is 0 Å². The van der Waals surface area contributed by atoms with Crippen LogP contribution in [0.4, 0.5) is 0 Å². The highest BCUT2D eigenvalue weighted by Crippen LogP contribution is 2.32. The molecule has 4 aromatic rings. The van der Waals surface area contributed by atoms with E-state index < -0.39 is 0 Å². The zero-order chi connectivity index (χ0) is 18.6. The van der Waals surface area contributed by atoms with Crippen molar-refractivity contribution in [1.29, 1.82) is 0 Å². The average Bonchev–Trinajstić information content (AvgIpc) is 3.13. The first-order chi connectivity index (χ1) is 13.2. The summed E-state index contributed by atoms with van der Waals surface area (Å²) in [7, 11) is 1.66. The van der Waals surface area contributed by atoms with Crippen LogP contribution in [0.1, 0.15) is 5.56 Å². The Kier molecular flexibility index (Phi) is 4.62. The van der Waals surface area contributed by atoms with Crippen molar-refractivity contribution in [1.82, 2.24) is 9.78 Å². The van der Waals surface area contributed by atoms with Crippen molar-refractivity contribution in [3.05, 3.63) is 90.5 Å². The van der Waals surface area contributed by atoms with Crippen molar-refractivity contribution in [3.63, 3.8) is 0 Å². The van der Waals surface area contributed by atoms with E-state index in [0.717, 1.165) is 33.8 Å². The van der Waals surface area contributed by atoms with E-state index in [9.17, 15) is 5.11 Å². The van der Waals surface area contributed by atoms with Gasteiger partial charge in [0.1, 0.15) is 11.5 Å². The smallest absolute Gasteiger partial charge is 0.124 e.